The summed E-state index contributed by atoms with van der Waals surface area (Å²) >= 11 is 0. The Hall–Kier alpha value is -2.97. The Bertz CT molecular complexity index is 921. The number of amides is 1. The van der Waals surface area contributed by atoms with Crippen LogP contribution in [0.25, 0.3) is 0 Å². The van der Waals surface area contributed by atoms with E-state index in [2.05, 4.69) is 51.3 Å². The van der Waals surface area contributed by atoms with Crippen molar-refractivity contribution >= 4 is 17.3 Å². The highest BCUT2D eigenvalue weighted by Gasteiger charge is 2.25. The number of rotatable bonds is 7. The minimum absolute atomic E-state index is 0.0212. The van der Waals surface area contributed by atoms with Gasteiger partial charge in [-0.05, 0) is 43.8 Å². The van der Waals surface area contributed by atoms with Crippen LogP contribution in [-0.2, 0) is 0 Å². The molecule has 0 radical (unpaired) electrons. The Morgan fingerprint density at radius 2 is 1.77 bits per heavy atom. The Balaban J connectivity index is 1.76. The SMILES string of the molecule is Cc1cc(C(=O)NCC(c2ccc(N(C)C)cc2)N2CCN(C)CC2)ccc1[N+](=O)[O-]. The number of hydrogen-bond donors (Lipinski definition) is 1. The quantitative estimate of drug-likeness (QED) is 0.543. The first-order chi connectivity index (χ1) is 14.8. The number of nitro benzene ring substituents is 1. The zero-order valence-electron chi connectivity index (χ0n) is 18.7. The van der Waals surface area contributed by atoms with Crippen molar-refractivity contribution in [2.45, 2.75) is 13.0 Å². The summed E-state index contributed by atoms with van der Waals surface area (Å²) in [7, 11) is 6.15. The summed E-state index contributed by atoms with van der Waals surface area (Å²) in [5.41, 5.74) is 3.23. The van der Waals surface area contributed by atoms with Crippen molar-refractivity contribution in [3.05, 3.63) is 69.3 Å². The summed E-state index contributed by atoms with van der Waals surface area (Å²) in [5.74, 6) is -0.220. The van der Waals surface area contributed by atoms with Crippen LogP contribution in [0.15, 0.2) is 42.5 Å². The number of anilines is 1. The number of aryl methyl sites for hydroxylation is 1. The normalized spacial score (nSPS) is 16.0. The van der Waals surface area contributed by atoms with E-state index in [9.17, 15) is 14.9 Å². The molecule has 2 aromatic rings. The fraction of sp³-hybridized carbons (Fsp3) is 0.435. The van der Waals surface area contributed by atoms with Gasteiger partial charge in [-0.3, -0.25) is 19.8 Å². The first-order valence-corrected chi connectivity index (χ1v) is 10.5. The van der Waals surface area contributed by atoms with Gasteiger partial charge in [0.2, 0.25) is 0 Å². The second-order valence-corrected chi connectivity index (χ2v) is 8.31. The maximum Gasteiger partial charge on any atom is 0.272 e. The molecule has 1 N–H and O–H groups in total. The van der Waals surface area contributed by atoms with E-state index in [0.717, 1.165) is 37.4 Å². The van der Waals surface area contributed by atoms with Crippen molar-refractivity contribution in [1.82, 2.24) is 15.1 Å². The van der Waals surface area contributed by atoms with Gasteiger partial charge in [0.25, 0.3) is 11.6 Å². The molecule has 1 amide bonds. The number of likely N-dealkylation sites (N-methyl/N-ethyl adjacent to an activating group) is 1. The molecule has 1 aliphatic heterocycles. The number of nitro groups is 1. The van der Waals surface area contributed by atoms with E-state index >= 15 is 0 Å². The number of benzene rings is 2. The maximum absolute atomic E-state index is 12.8. The van der Waals surface area contributed by atoms with Crippen molar-refractivity contribution in [2.75, 3.05) is 58.8 Å². The molecule has 8 nitrogen and oxygen atoms in total. The molecule has 1 unspecified atom stereocenters. The molecule has 8 heteroatoms. The second-order valence-electron chi connectivity index (χ2n) is 8.31. The lowest BCUT2D eigenvalue weighted by Crippen LogP contribution is -2.48. The number of nitrogens with zero attached hydrogens (tertiary/aromatic N) is 4. The van der Waals surface area contributed by atoms with E-state index in [0.29, 0.717) is 17.7 Å². The lowest BCUT2D eigenvalue weighted by atomic mass is 10.0. The van der Waals surface area contributed by atoms with Crippen molar-refractivity contribution in [3.8, 4) is 0 Å². The molecule has 1 atom stereocenters. The molecule has 1 heterocycles. The average molecular weight is 426 g/mol. The predicted molar refractivity (Wildman–Crippen MR) is 123 cm³/mol. The number of carbonyl (C=O) groups excluding carboxylic acids is 1. The molecule has 0 aliphatic carbocycles. The summed E-state index contributed by atoms with van der Waals surface area (Å²) < 4.78 is 0. The highest BCUT2D eigenvalue weighted by Crippen LogP contribution is 2.24. The average Bonchev–Trinajstić information content (AvgIpc) is 2.75. The van der Waals surface area contributed by atoms with E-state index in [-0.39, 0.29) is 17.6 Å². The third kappa shape index (κ3) is 5.59. The molecule has 0 bridgehead atoms. The summed E-state index contributed by atoms with van der Waals surface area (Å²) in [6.07, 6.45) is 0. The van der Waals surface area contributed by atoms with Crippen LogP contribution in [-0.4, -0.2) is 74.5 Å². The first-order valence-electron chi connectivity index (χ1n) is 10.5. The second kappa shape index (κ2) is 9.89. The zero-order valence-corrected chi connectivity index (χ0v) is 18.7. The third-order valence-corrected chi connectivity index (χ3v) is 5.88. The van der Waals surface area contributed by atoms with E-state index in [1.807, 2.05) is 14.1 Å². The lowest BCUT2D eigenvalue weighted by Gasteiger charge is -2.38. The van der Waals surface area contributed by atoms with Gasteiger partial charge in [0, 0.05) is 69.7 Å². The first kappa shape index (κ1) is 22.7. The number of carbonyl (C=O) groups is 1. The Morgan fingerprint density at radius 1 is 1.13 bits per heavy atom. The maximum atomic E-state index is 12.8. The summed E-state index contributed by atoms with van der Waals surface area (Å²) in [6, 6.07) is 13.0. The van der Waals surface area contributed by atoms with E-state index in [1.165, 1.54) is 12.1 Å². The molecule has 2 aromatic carbocycles. The molecule has 0 spiro atoms. The van der Waals surface area contributed by atoms with Crippen molar-refractivity contribution < 1.29 is 9.72 Å². The predicted octanol–water partition coefficient (Wildman–Crippen LogP) is 2.69. The number of piperazine rings is 1. The zero-order chi connectivity index (χ0) is 22.5. The van der Waals surface area contributed by atoms with Crippen LogP contribution in [0, 0.1) is 17.0 Å². The monoisotopic (exact) mass is 425 g/mol. The summed E-state index contributed by atoms with van der Waals surface area (Å²) in [6.45, 7) is 5.96. The Kier molecular flexibility index (Phi) is 7.25. The number of nitrogens with one attached hydrogen (secondary N) is 1. The molecule has 31 heavy (non-hydrogen) atoms. The van der Waals surface area contributed by atoms with Gasteiger partial charge >= 0.3 is 0 Å². The fourth-order valence-corrected chi connectivity index (χ4v) is 3.88. The van der Waals surface area contributed by atoms with Crippen molar-refractivity contribution in [1.29, 1.82) is 0 Å². The van der Waals surface area contributed by atoms with Gasteiger partial charge in [0.15, 0.2) is 0 Å². The van der Waals surface area contributed by atoms with E-state index in [1.54, 1.807) is 13.0 Å². The van der Waals surface area contributed by atoms with Crippen LogP contribution in [0.4, 0.5) is 11.4 Å². The van der Waals surface area contributed by atoms with E-state index in [4.69, 9.17) is 0 Å². The van der Waals surface area contributed by atoms with Gasteiger partial charge < -0.3 is 15.1 Å². The molecule has 3 rings (SSSR count). The van der Waals surface area contributed by atoms with Crippen LogP contribution in [0.5, 0.6) is 0 Å². The van der Waals surface area contributed by atoms with Gasteiger partial charge in [-0.2, -0.15) is 0 Å². The van der Waals surface area contributed by atoms with Crippen molar-refractivity contribution in [3.63, 3.8) is 0 Å². The van der Waals surface area contributed by atoms with Crippen molar-refractivity contribution in [2.24, 2.45) is 0 Å². The number of hydrogen-bond acceptors (Lipinski definition) is 6. The standard InChI is InChI=1S/C23H31N5O3/c1-17-15-19(7-10-21(17)28(30)31)23(29)24-16-22(27-13-11-26(4)12-14-27)18-5-8-20(9-6-18)25(2)3/h5-10,15,22H,11-14,16H2,1-4H3,(H,24,29). The molecule has 1 aliphatic rings. The molecule has 0 saturated carbocycles. The van der Waals surface area contributed by atoms with Crippen LogP contribution in [0.3, 0.4) is 0 Å². The van der Waals surface area contributed by atoms with Crippen LogP contribution >= 0.6 is 0 Å². The molecule has 1 saturated heterocycles. The highest BCUT2D eigenvalue weighted by atomic mass is 16.6. The Labute approximate surface area is 183 Å². The topological polar surface area (TPSA) is 82.0 Å². The summed E-state index contributed by atoms with van der Waals surface area (Å²) in [4.78, 5) is 30.2. The molecular weight excluding hydrogens is 394 g/mol. The highest BCUT2D eigenvalue weighted by molar-refractivity contribution is 5.94. The molecule has 0 aromatic heterocycles. The minimum atomic E-state index is -0.433. The van der Waals surface area contributed by atoms with Crippen LogP contribution in [0.1, 0.15) is 27.5 Å². The largest absolute Gasteiger partial charge is 0.378 e. The van der Waals surface area contributed by atoms with Gasteiger partial charge in [0.1, 0.15) is 0 Å². The molecular formula is C23H31N5O3. The van der Waals surface area contributed by atoms with Gasteiger partial charge in [-0.15, -0.1) is 0 Å². The van der Waals surface area contributed by atoms with Gasteiger partial charge in [-0.25, -0.2) is 0 Å². The Morgan fingerprint density at radius 3 is 2.32 bits per heavy atom. The molecule has 166 valence electrons. The van der Waals surface area contributed by atoms with Crippen LogP contribution < -0.4 is 10.2 Å². The lowest BCUT2D eigenvalue weighted by molar-refractivity contribution is -0.385. The molecule has 1 fully saturated rings. The fourth-order valence-electron chi connectivity index (χ4n) is 3.88. The van der Waals surface area contributed by atoms with E-state index < -0.39 is 4.92 Å². The van der Waals surface area contributed by atoms with Gasteiger partial charge in [0.05, 0.1) is 11.0 Å². The van der Waals surface area contributed by atoms with Crippen LogP contribution in [0.2, 0.25) is 0 Å². The van der Waals surface area contributed by atoms with Gasteiger partial charge in [-0.1, -0.05) is 12.1 Å². The smallest absolute Gasteiger partial charge is 0.272 e. The third-order valence-electron chi connectivity index (χ3n) is 5.88. The minimum Gasteiger partial charge on any atom is -0.378 e. The summed E-state index contributed by atoms with van der Waals surface area (Å²) in [5, 5.41) is 14.1.